The molecule has 0 amide bonds. The van der Waals surface area contributed by atoms with Gasteiger partial charge in [0.2, 0.25) is 0 Å². The molecule has 0 bridgehead atoms. The normalized spacial score (nSPS) is 10.8. The largest absolute Gasteiger partial charge is 0.384 e. The molecular weight excluding hydrogens is 297 g/mol. The van der Waals surface area contributed by atoms with Crippen molar-refractivity contribution in [1.29, 1.82) is 0 Å². The molecule has 0 unspecified atom stereocenters. The molecule has 0 aliphatic rings. The molecule has 2 aromatic rings. The second-order valence-corrected chi connectivity index (χ2v) is 5.79. The molecule has 6 nitrogen and oxygen atoms in total. The van der Waals surface area contributed by atoms with Crippen LogP contribution in [-0.2, 0) is 17.1 Å². The highest BCUT2D eigenvalue weighted by Crippen LogP contribution is 2.20. The Bertz CT molecular complexity index is 819. The number of rotatable bonds is 3. The SMILES string of the molecule is Cn1cc(S(=O)(=O)Nc2ccc(F)cc2C#CCO)cn1. The molecule has 0 aliphatic heterocycles. The summed E-state index contributed by atoms with van der Waals surface area (Å²) < 4.78 is 41.2. The van der Waals surface area contributed by atoms with Gasteiger partial charge in [-0.2, -0.15) is 5.10 Å². The first kappa shape index (κ1) is 15.0. The van der Waals surface area contributed by atoms with E-state index in [-0.39, 0.29) is 16.1 Å². The molecule has 8 heteroatoms. The Kier molecular flexibility index (Phi) is 4.26. The number of aromatic nitrogens is 2. The quantitative estimate of drug-likeness (QED) is 0.818. The molecule has 0 fully saturated rings. The van der Waals surface area contributed by atoms with Crippen LogP contribution in [0.1, 0.15) is 5.56 Å². The van der Waals surface area contributed by atoms with Crippen LogP contribution in [0.15, 0.2) is 35.5 Å². The van der Waals surface area contributed by atoms with Gasteiger partial charge in [0.1, 0.15) is 17.3 Å². The van der Waals surface area contributed by atoms with E-state index in [1.807, 2.05) is 0 Å². The van der Waals surface area contributed by atoms with Crippen molar-refractivity contribution in [2.45, 2.75) is 4.90 Å². The number of benzene rings is 1. The third kappa shape index (κ3) is 3.59. The predicted molar refractivity (Wildman–Crippen MR) is 74.4 cm³/mol. The number of hydrogen-bond donors (Lipinski definition) is 2. The number of halogens is 1. The van der Waals surface area contributed by atoms with Gasteiger partial charge in [0.25, 0.3) is 10.0 Å². The summed E-state index contributed by atoms with van der Waals surface area (Å²) in [6.45, 7) is -0.411. The zero-order valence-electron chi connectivity index (χ0n) is 11.0. The van der Waals surface area contributed by atoms with Gasteiger partial charge in [-0.1, -0.05) is 11.8 Å². The van der Waals surface area contributed by atoms with E-state index in [1.165, 1.54) is 23.1 Å². The van der Waals surface area contributed by atoms with Crippen molar-refractivity contribution in [2.24, 2.45) is 7.05 Å². The minimum Gasteiger partial charge on any atom is -0.384 e. The summed E-state index contributed by atoms with van der Waals surface area (Å²) in [5.41, 5.74) is 0.262. The molecule has 0 aliphatic carbocycles. The number of sulfonamides is 1. The van der Waals surface area contributed by atoms with Gasteiger partial charge in [-0.25, -0.2) is 12.8 Å². The summed E-state index contributed by atoms with van der Waals surface area (Å²) in [4.78, 5) is -0.0182. The number of aliphatic hydroxyl groups is 1. The molecule has 0 spiro atoms. The molecule has 1 aromatic carbocycles. The Morgan fingerprint density at radius 3 is 2.86 bits per heavy atom. The predicted octanol–water partition coefficient (Wildman–Crippen LogP) is 0.704. The van der Waals surface area contributed by atoms with Gasteiger partial charge < -0.3 is 5.11 Å². The lowest BCUT2D eigenvalue weighted by Gasteiger charge is -2.08. The highest BCUT2D eigenvalue weighted by molar-refractivity contribution is 7.92. The van der Waals surface area contributed by atoms with Crippen LogP contribution >= 0.6 is 0 Å². The molecule has 0 atom stereocenters. The summed E-state index contributed by atoms with van der Waals surface area (Å²) in [7, 11) is -2.25. The van der Waals surface area contributed by atoms with Crippen LogP contribution in [0.5, 0.6) is 0 Å². The molecule has 1 aromatic heterocycles. The highest BCUT2D eigenvalue weighted by Gasteiger charge is 2.17. The smallest absolute Gasteiger partial charge is 0.265 e. The molecule has 1 heterocycles. The number of anilines is 1. The van der Waals surface area contributed by atoms with Gasteiger partial charge in [0.05, 0.1) is 17.4 Å². The Labute approximate surface area is 121 Å². The number of aliphatic hydroxyl groups excluding tert-OH is 1. The average Bonchev–Trinajstić information content (AvgIpc) is 2.86. The molecule has 0 radical (unpaired) electrons. The summed E-state index contributed by atoms with van der Waals surface area (Å²) in [5.74, 6) is 4.29. The van der Waals surface area contributed by atoms with Crippen molar-refractivity contribution < 1.29 is 17.9 Å². The van der Waals surface area contributed by atoms with Gasteiger partial charge in [0, 0.05) is 13.2 Å². The van der Waals surface area contributed by atoms with E-state index in [4.69, 9.17) is 5.11 Å². The molecule has 2 N–H and O–H groups in total. The van der Waals surface area contributed by atoms with Crippen LogP contribution < -0.4 is 4.72 Å². The highest BCUT2D eigenvalue weighted by atomic mass is 32.2. The fraction of sp³-hybridized carbons (Fsp3) is 0.154. The standard InChI is InChI=1S/C13H12FN3O3S/c1-17-9-12(8-15-17)21(19,20)16-13-5-4-11(14)7-10(13)3-2-6-18/h4-5,7-9,16,18H,6H2,1H3. The van der Waals surface area contributed by atoms with Crippen LogP contribution in [0.25, 0.3) is 0 Å². The zero-order valence-corrected chi connectivity index (χ0v) is 11.9. The summed E-state index contributed by atoms with van der Waals surface area (Å²) in [5, 5.41) is 12.5. The second kappa shape index (κ2) is 5.95. The summed E-state index contributed by atoms with van der Waals surface area (Å²) in [6, 6.07) is 3.47. The minimum absolute atomic E-state index is 0.0182. The summed E-state index contributed by atoms with van der Waals surface area (Å²) >= 11 is 0. The van der Waals surface area contributed by atoms with E-state index in [0.29, 0.717) is 0 Å². The van der Waals surface area contributed by atoms with Gasteiger partial charge in [-0.15, -0.1) is 0 Å². The Hall–Kier alpha value is -2.37. The van der Waals surface area contributed by atoms with Crippen LogP contribution in [0, 0.1) is 17.7 Å². The first-order valence-electron chi connectivity index (χ1n) is 5.83. The van der Waals surface area contributed by atoms with Crippen molar-refractivity contribution >= 4 is 15.7 Å². The van der Waals surface area contributed by atoms with Crippen molar-refractivity contribution in [1.82, 2.24) is 9.78 Å². The van der Waals surface area contributed by atoms with Gasteiger partial charge >= 0.3 is 0 Å². The lowest BCUT2D eigenvalue weighted by atomic mass is 10.2. The maximum Gasteiger partial charge on any atom is 0.265 e. The molecule has 0 saturated heterocycles. The Balaban J connectivity index is 2.39. The van der Waals surface area contributed by atoms with Crippen molar-refractivity contribution in [3.8, 4) is 11.8 Å². The maximum atomic E-state index is 13.2. The molecular formula is C13H12FN3O3S. The number of nitrogens with zero attached hydrogens (tertiary/aromatic N) is 2. The Morgan fingerprint density at radius 2 is 2.24 bits per heavy atom. The van der Waals surface area contributed by atoms with Crippen LogP contribution in [0.2, 0.25) is 0 Å². The molecule has 21 heavy (non-hydrogen) atoms. The maximum absolute atomic E-state index is 13.2. The van der Waals surface area contributed by atoms with Crippen LogP contribution in [0.3, 0.4) is 0 Å². The second-order valence-electron chi connectivity index (χ2n) is 4.11. The van der Waals surface area contributed by atoms with Gasteiger partial charge in [0.15, 0.2) is 0 Å². The van der Waals surface area contributed by atoms with E-state index in [1.54, 1.807) is 7.05 Å². The Morgan fingerprint density at radius 1 is 1.48 bits per heavy atom. The number of nitrogens with one attached hydrogen (secondary N) is 1. The third-order valence-corrected chi connectivity index (χ3v) is 3.84. The number of hydrogen-bond acceptors (Lipinski definition) is 4. The van der Waals surface area contributed by atoms with Crippen molar-refractivity contribution in [3.05, 3.63) is 42.0 Å². The van der Waals surface area contributed by atoms with Gasteiger partial charge in [-0.3, -0.25) is 9.40 Å². The third-order valence-electron chi connectivity index (χ3n) is 2.52. The molecule has 0 saturated carbocycles. The molecule has 2 rings (SSSR count). The van der Waals surface area contributed by atoms with E-state index in [0.717, 1.165) is 12.1 Å². The van der Waals surface area contributed by atoms with Crippen molar-refractivity contribution in [3.63, 3.8) is 0 Å². The first-order chi connectivity index (χ1) is 9.92. The lowest BCUT2D eigenvalue weighted by Crippen LogP contribution is -2.13. The van der Waals surface area contributed by atoms with Crippen LogP contribution in [-0.4, -0.2) is 29.9 Å². The molecule has 110 valence electrons. The van der Waals surface area contributed by atoms with E-state index in [9.17, 15) is 12.8 Å². The van der Waals surface area contributed by atoms with E-state index in [2.05, 4.69) is 21.7 Å². The summed E-state index contributed by atoms with van der Waals surface area (Å²) in [6.07, 6.45) is 2.54. The monoisotopic (exact) mass is 309 g/mol. The fourth-order valence-electron chi connectivity index (χ4n) is 1.58. The lowest BCUT2D eigenvalue weighted by molar-refractivity contribution is 0.350. The minimum atomic E-state index is -3.84. The zero-order chi connectivity index (χ0) is 15.5. The average molecular weight is 309 g/mol. The first-order valence-corrected chi connectivity index (χ1v) is 7.31. The van der Waals surface area contributed by atoms with E-state index >= 15 is 0 Å². The topological polar surface area (TPSA) is 84.2 Å². The van der Waals surface area contributed by atoms with Crippen LogP contribution in [0.4, 0.5) is 10.1 Å². The van der Waals surface area contributed by atoms with Gasteiger partial charge in [-0.05, 0) is 18.2 Å². The van der Waals surface area contributed by atoms with Crippen molar-refractivity contribution in [2.75, 3.05) is 11.3 Å². The number of aryl methyl sites for hydroxylation is 1. The fourth-order valence-corrected chi connectivity index (χ4v) is 2.65. The van der Waals surface area contributed by atoms with E-state index < -0.39 is 22.4 Å².